The molecule has 1 atom stereocenters. The third kappa shape index (κ3) is 3.31. The zero-order valence-electron chi connectivity index (χ0n) is 9.90. The molecule has 94 valence electrons. The van der Waals surface area contributed by atoms with Gasteiger partial charge in [-0.15, -0.1) is 0 Å². The Kier molecular flexibility index (Phi) is 4.38. The molecule has 0 saturated carbocycles. The number of aliphatic hydroxyl groups is 1. The topological polar surface area (TPSA) is 33.1 Å². The fraction of sp³-hybridized carbons (Fsp3) is 0.214. The summed E-state index contributed by atoms with van der Waals surface area (Å²) in [5.74, 6) is 0. The molecule has 0 radical (unpaired) electrons. The number of hydrogen-bond acceptors (Lipinski definition) is 2. The predicted octanol–water partition coefficient (Wildman–Crippen LogP) is 4.08. The van der Waals surface area contributed by atoms with Gasteiger partial charge in [-0.1, -0.05) is 33.6 Å². The molecule has 0 amide bonds. The Morgan fingerprint density at radius 2 is 2.11 bits per heavy atom. The van der Waals surface area contributed by atoms with Gasteiger partial charge in [-0.3, -0.25) is 4.98 Å². The normalized spacial score (nSPS) is 12.4. The van der Waals surface area contributed by atoms with E-state index in [-0.39, 0.29) is 0 Å². The molecule has 18 heavy (non-hydrogen) atoms. The van der Waals surface area contributed by atoms with Gasteiger partial charge in [-0.25, -0.2) is 0 Å². The first kappa shape index (κ1) is 13.5. The maximum Gasteiger partial charge on any atom is 0.0832 e. The molecule has 2 nitrogen and oxygen atoms in total. The average Bonchev–Trinajstić information content (AvgIpc) is 2.32. The Morgan fingerprint density at radius 3 is 2.78 bits per heavy atom. The second-order valence-corrected chi connectivity index (χ2v) is 5.51. The van der Waals surface area contributed by atoms with E-state index in [0.29, 0.717) is 11.4 Å². The highest BCUT2D eigenvalue weighted by atomic mass is 79.9. The van der Waals surface area contributed by atoms with Gasteiger partial charge in [-0.05, 0) is 42.3 Å². The van der Waals surface area contributed by atoms with E-state index >= 15 is 0 Å². The number of aromatic nitrogens is 1. The van der Waals surface area contributed by atoms with E-state index in [1.54, 1.807) is 6.20 Å². The summed E-state index contributed by atoms with van der Waals surface area (Å²) < 4.78 is 0.936. The van der Waals surface area contributed by atoms with Gasteiger partial charge in [0.05, 0.1) is 6.10 Å². The molecule has 0 aliphatic carbocycles. The van der Waals surface area contributed by atoms with E-state index in [1.165, 1.54) is 0 Å². The standard InChI is InChI=1S/C14H13BrClNO/c1-9-6-11(4-5-17-9)14(18)7-10-2-3-12(15)8-13(10)16/h2-6,8,14,18H,7H2,1H3. The Morgan fingerprint density at radius 1 is 1.33 bits per heavy atom. The van der Waals surface area contributed by atoms with E-state index in [4.69, 9.17) is 11.6 Å². The van der Waals surface area contributed by atoms with Crippen LogP contribution < -0.4 is 0 Å². The third-order valence-corrected chi connectivity index (χ3v) is 3.58. The largest absolute Gasteiger partial charge is 0.388 e. The van der Waals surface area contributed by atoms with Crippen LogP contribution in [0, 0.1) is 6.92 Å². The third-order valence-electron chi connectivity index (χ3n) is 2.73. The highest BCUT2D eigenvalue weighted by molar-refractivity contribution is 9.10. The van der Waals surface area contributed by atoms with E-state index < -0.39 is 6.10 Å². The van der Waals surface area contributed by atoms with Crippen molar-refractivity contribution < 1.29 is 5.11 Å². The number of pyridine rings is 1. The number of nitrogens with zero attached hydrogens (tertiary/aromatic N) is 1. The van der Waals surface area contributed by atoms with E-state index in [9.17, 15) is 5.11 Å². The second kappa shape index (κ2) is 5.83. The van der Waals surface area contributed by atoms with Crippen LogP contribution >= 0.6 is 27.5 Å². The summed E-state index contributed by atoms with van der Waals surface area (Å²) in [6.45, 7) is 1.91. The lowest BCUT2D eigenvalue weighted by atomic mass is 10.0. The molecular weight excluding hydrogens is 314 g/mol. The number of rotatable bonds is 3. The van der Waals surface area contributed by atoms with E-state index in [0.717, 1.165) is 21.3 Å². The molecule has 0 aliphatic heterocycles. The first-order valence-electron chi connectivity index (χ1n) is 5.61. The van der Waals surface area contributed by atoms with Crippen molar-refractivity contribution in [3.05, 3.63) is 62.8 Å². The molecule has 1 aromatic heterocycles. The summed E-state index contributed by atoms with van der Waals surface area (Å²) in [6, 6.07) is 9.39. The first-order valence-corrected chi connectivity index (χ1v) is 6.78. The van der Waals surface area contributed by atoms with Crippen LogP contribution in [-0.2, 0) is 6.42 Å². The van der Waals surface area contributed by atoms with Gasteiger partial charge in [0.25, 0.3) is 0 Å². The van der Waals surface area contributed by atoms with Crippen LogP contribution in [0.25, 0.3) is 0 Å². The van der Waals surface area contributed by atoms with Gasteiger partial charge < -0.3 is 5.11 Å². The van der Waals surface area contributed by atoms with Crippen LogP contribution in [0.1, 0.15) is 22.9 Å². The molecule has 2 aromatic rings. The zero-order valence-corrected chi connectivity index (χ0v) is 12.2. The molecule has 1 unspecified atom stereocenters. The SMILES string of the molecule is Cc1cc(C(O)Cc2ccc(Br)cc2Cl)ccn1. The summed E-state index contributed by atoms with van der Waals surface area (Å²) >= 11 is 9.50. The van der Waals surface area contributed by atoms with Crippen molar-refractivity contribution in [1.29, 1.82) is 0 Å². The van der Waals surface area contributed by atoms with E-state index in [1.807, 2.05) is 37.3 Å². The van der Waals surface area contributed by atoms with Crippen LogP contribution in [0.2, 0.25) is 5.02 Å². The van der Waals surface area contributed by atoms with Crippen LogP contribution in [-0.4, -0.2) is 10.1 Å². The Hall–Kier alpha value is -0.900. The Balaban J connectivity index is 2.18. The number of hydrogen-bond donors (Lipinski definition) is 1. The van der Waals surface area contributed by atoms with Crippen molar-refractivity contribution >= 4 is 27.5 Å². The number of benzene rings is 1. The smallest absolute Gasteiger partial charge is 0.0832 e. The fourth-order valence-electron chi connectivity index (χ4n) is 1.79. The first-order chi connectivity index (χ1) is 8.56. The lowest BCUT2D eigenvalue weighted by Crippen LogP contribution is -2.03. The van der Waals surface area contributed by atoms with Crippen molar-refractivity contribution in [2.75, 3.05) is 0 Å². The number of aryl methyl sites for hydroxylation is 1. The molecule has 0 saturated heterocycles. The van der Waals surface area contributed by atoms with Gasteiger partial charge in [0.2, 0.25) is 0 Å². The number of halogens is 2. The minimum absolute atomic E-state index is 0.496. The van der Waals surface area contributed by atoms with Gasteiger partial charge in [0.1, 0.15) is 0 Å². The highest BCUT2D eigenvalue weighted by Crippen LogP contribution is 2.26. The molecule has 1 heterocycles. The molecule has 1 N–H and O–H groups in total. The quantitative estimate of drug-likeness (QED) is 0.922. The molecule has 0 bridgehead atoms. The monoisotopic (exact) mass is 325 g/mol. The number of aliphatic hydroxyl groups excluding tert-OH is 1. The van der Waals surface area contributed by atoms with Crippen molar-refractivity contribution in [1.82, 2.24) is 4.98 Å². The lowest BCUT2D eigenvalue weighted by Gasteiger charge is -2.12. The summed E-state index contributed by atoms with van der Waals surface area (Å²) in [5.41, 5.74) is 2.69. The summed E-state index contributed by atoms with van der Waals surface area (Å²) in [6.07, 6.45) is 1.64. The molecule has 0 aliphatic rings. The maximum absolute atomic E-state index is 10.2. The minimum atomic E-state index is -0.564. The van der Waals surface area contributed by atoms with Gasteiger partial charge >= 0.3 is 0 Å². The van der Waals surface area contributed by atoms with Crippen LogP contribution in [0.3, 0.4) is 0 Å². The van der Waals surface area contributed by atoms with E-state index in [2.05, 4.69) is 20.9 Å². The molecule has 4 heteroatoms. The Labute approximate surface area is 120 Å². The van der Waals surface area contributed by atoms with Crippen molar-refractivity contribution in [2.24, 2.45) is 0 Å². The predicted molar refractivity (Wildman–Crippen MR) is 76.8 cm³/mol. The lowest BCUT2D eigenvalue weighted by molar-refractivity contribution is 0.178. The van der Waals surface area contributed by atoms with Crippen LogP contribution in [0.5, 0.6) is 0 Å². The zero-order chi connectivity index (χ0) is 13.1. The maximum atomic E-state index is 10.2. The average molecular weight is 327 g/mol. The van der Waals surface area contributed by atoms with Crippen LogP contribution in [0.4, 0.5) is 0 Å². The van der Waals surface area contributed by atoms with Gasteiger partial charge in [0, 0.05) is 27.8 Å². The van der Waals surface area contributed by atoms with Crippen molar-refractivity contribution in [3.63, 3.8) is 0 Å². The van der Waals surface area contributed by atoms with Crippen molar-refractivity contribution in [2.45, 2.75) is 19.4 Å². The van der Waals surface area contributed by atoms with Gasteiger partial charge in [-0.2, -0.15) is 0 Å². The second-order valence-electron chi connectivity index (χ2n) is 4.19. The molecule has 0 spiro atoms. The highest BCUT2D eigenvalue weighted by Gasteiger charge is 2.11. The Bertz CT molecular complexity index is 559. The summed E-state index contributed by atoms with van der Waals surface area (Å²) in [5, 5.41) is 10.9. The summed E-state index contributed by atoms with van der Waals surface area (Å²) in [4.78, 5) is 4.12. The molecule has 2 rings (SSSR count). The molecule has 1 aromatic carbocycles. The van der Waals surface area contributed by atoms with Crippen LogP contribution in [0.15, 0.2) is 41.0 Å². The fourth-order valence-corrected chi connectivity index (χ4v) is 2.54. The van der Waals surface area contributed by atoms with Crippen molar-refractivity contribution in [3.8, 4) is 0 Å². The summed E-state index contributed by atoms with van der Waals surface area (Å²) in [7, 11) is 0. The van der Waals surface area contributed by atoms with Gasteiger partial charge in [0.15, 0.2) is 0 Å². The molecule has 0 fully saturated rings. The molecular formula is C14H13BrClNO. The minimum Gasteiger partial charge on any atom is -0.388 e.